The highest BCUT2D eigenvalue weighted by molar-refractivity contribution is 7.92. The van der Waals surface area contributed by atoms with Gasteiger partial charge in [-0.3, -0.25) is 14.8 Å². The molecule has 0 aliphatic heterocycles. The van der Waals surface area contributed by atoms with Crippen LogP contribution in [0.15, 0.2) is 88.7 Å². The lowest BCUT2D eigenvalue weighted by atomic mass is 9.86. The van der Waals surface area contributed by atoms with Crippen molar-refractivity contribution in [1.82, 2.24) is 4.72 Å². The Morgan fingerprint density at radius 1 is 0.794 bits per heavy atom. The molecule has 0 aliphatic rings. The van der Waals surface area contributed by atoms with Crippen LogP contribution in [0.25, 0.3) is 0 Å². The highest BCUT2D eigenvalue weighted by Crippen LogP contribution is 2.33. The molecule has 180 valence electrons. The molecule has 0 fully saturated rings. The first kappa shape index (κ1) is 25.3. The molecule has 3 aromatic carbocycles. The number of nitro benzene ring substituents is 1. The van der Waals surface area contributed by atoms with E-state index in [0.29, 0.717) is 18.4 Å². The van der Waals surface area contributed by atoms with Gasteiger partial charge >= 0.3 is 0 Å². The minimum absolute atomic E-state index is 0.129. The third-order valence-corrected chi connectivity index (χ3v) is 8.53. The van der Waals surface area contributed by atoms with Gasteiger partial charge in [0.2, 0.25) is 10.0 Å². The molecule has 3 rings (SSSR count). The fourth-order valence-electron chi connectivity index (χ4n) is 3.64. The molecule has 0 bridgehead atoms. The van der Waals surface area contributed by atoms with Gasteiger partial charge in [-0.05, 0) is 48.7 Å². The van der Waals surface area contributed by atoms with Gasteiger partial charge in [-0.1, -0.05) is 50.2 Å². The molecule has 0 unspecified atom stereocenters. The van der Waals surface area contributed by atoms with Crippen LogP contribution in [-0.2, 0) is 25.6 Å². The van der Waals surface area contributed by atoms with Crippen LogP contribution in [0.3, 0.4) is 0 Å². The van der Waals surface area contributed by atoms with Gasteiger partial charge in [-0.25, -0.2) is 21.6 Å². The largest absolute Gasteiger partial charge is 0.280 e. The van der Waals surface area contributed by atoms with E-state index in [0.717, 1.165) is 6.07 Å². The summed E-state index contributed by atoms with van der Waals surface area (Å²) in [6, 6.07) is 19.2. The number of rotatable bonds is 10. The summed E-state index contributed by atoms with van der Waals surface area (Å²) in [6.07, 6.45) is 0.827. The van der Waals surface area contributed by atoms with E-state index in [1.807, 2.05) is 13.8 Å². The Balaban J connectivity index is 1.96. The first-order chi connectivity index (χ1) is 16.0. The smallest absolute Gasteiger partial charge is 0.270 e. The third kappa shape index (κ3) is 5.44. The zero-order valence-corrected chi connectivity index (χ0v) is 20.3. The van der Waals surface area contributed by atoms with Crippen LogP contribution in [0.1, 0.15) is 32.3 Å². The fraction of sp³-hybridized carbons (Fsp3) is 0.217. The summed E-state index contributed by atoms with van der Waals surface area (Å²) in [5, 5.41) is 11.0. The minimum atomic E-state index is -4.12. The lowest BCUT2D eigenvalue weighted by molar-refractivity contribution is -0.385. The number of nitro groups is 1. The van der Waals surface area contributed by atoms with Gasteiger partial charge in [0.15, 0.2) is 0 Å². The molecule has 0 aliphatic carbocycles. The van der Waals surface area contributed by atoms with Crippen LogP contribution in [0.5, 0.6) is 0 Å². The molecule has 11 heteroatoms. The number of nitrogens with zero attached hydrogens (tertiary/aromatic N) is 1. The minimum Gasteiger partial charge on any atom is -0.280 e. The summed E-state index contributed by atoms with van der Waals surface area (Å²) < 4.78 is 57.0. The topological polar surface area (TPSA) is 135 Å². The lowest BCUT2D eigenvalue weighted by Crippen LogP contribution is -2.45. The van der Waals surface area contributed by atoms with E-state index in [1.165, 1.54) is 36.4 Å². The van der Waals surface area contributed by atoms with Crippen molar-refractivity contribution in [3.05, 3.63) is 94.5 Å². The van der Waals surface area contributed by atoms with Gasteiger partial charge in [-0.2, -0.15) is 0 Å². The maximum atomic E-state index is 13.0. The normalized spacial score (nSPS) is 12.3. The van der Waals surface area contributed by atoms with Crippen LogP contribution >= 0.6 is 0 Å². The van der Waals surface area contributed by atoms with Crippen molar-refractivity contribution in [3.63, 3.8) is 0 Å². The Kier molecular flexibility index (Phi) is 7.39. The summed E-state index contributed by atoms with van der Waals surface area (Å²) >= 11 is 0. The van der Waals surface area contributed by atoms with E-state index >= 15 is 0 Å². The molecule has 0 saturated heterocycles. The number of non-ortho nitro benzene ring substituents is 1. The number of sulfonamides is 2. The molecular weight excluding hydrogens is 478 g/mol. The first-order valence-corrected chi connectivity index (χ1v) is 13.5. The fourth-order valence-corrected chi connectivity index (χ4v) is 6.28. The standard InChI is InChI=1S/C23H25N3O6S2/c1-3-23(4-2,25-34(31,32)21-13-6-5-7-14-21)18-10-8-11-19(16-18)24-33(29,30)22-15-9-12-20(17-22)26(27)28/h5-17,24-25H,3-4H2,1-2H3. The number of hydrogen-bond donors (Lipinski definition) is 2. The van der Waals surface area contributed by atoms with Gasteiger partial charge in [0.25, 0.3) is 15.7 Å². The average Bonchev–Trinajstić information content (AvgIpc) is 2.83. The quantitative estimate of drug-likeness (QED) is 0.311. The molecule has 2 N–H and O–H groups in total. The second-order valence-corrected chi connectivity index (χ2v) is 11.0. The molecule has 34 heavy (non-hydrogen) atoms. The summed E-state index contributed by atoms with van der Waals surface area (Å²) in [5.74, 6) is 0. The molecular formula is C23H25N3O6S2. The number of benzene rings is 3. The summed E-state index contributed by atoms with van der Waals surface area (Å²) in [5.41, 5.74) is -0.546. The number of nitrogens with one attached hydrogen (secondary N) is 2. The van der Waals surface area contributed by atoms with Gasteiger partial charge in [0.05, 0.1) is 20.3 Å². The maximum Gasteiger partial charge on any atom is 0.270 e. The zero-order chi connectivity index (χ0) is 25.0. The summed E-state index contributed by atoms with van der Waals surface area (Å²) in [4.78, 5) is 10.2. The Labute approximate surface area is 199 Å². The molecule has 0 aromatic heterocycles. The van der Waals surface area contributed by atoms with E-state index in [-0.39, 0.29) is 21.2 Å². The van der Waals surface area contributed by atoms with Gasteiger partial charge < -0.3 is 0 Å². The third-order valence-electron chi connectivity index (χ3n) is 5.60. The van der Waals surface area contributed by atoms with Crippen molar-refractivity contribution in [2.24, 2.45) is 0 Å². The first-order valence-electron chi connectivity index (χ1n) is 10.5. The van der Waals surface area contributed by atoms with Crippen LogP contribution in [0.4, 0.5) is 11.4 Å². The molecule has 0 heterocycles. The van der Waals surface area contributed by atoms with E-state index in [2.05, 4.69) is 9.44 Å². The van der Waals surface area contributed by atoms with Crippen molar-refractivity contribution in [1.29, 1.82) is 0 Å². The molecule has 0 saturated carbocycles. The Hall–Kier alpha value is -3.28. The van der Waals surface area contributed by atoms with Crippen LogP contribution in [0, 0.1) is 10.1 Å². The van der Waals surface area contributed by atoms with Gasteiger partial charge in [0, 0.05) is 17.8 Å². The average molecular weight is 504 g/mol. The molecule has 3 aromatic rings. The van der Waals surface area contributed by atoms with Gasteiger partial charge in [-0.15, -0.1) is 0 Å². The molecule has 0 spiro atoms. The van der Waals surface area contributed by atoms with E-state index < -0.39 is 30.5 Å². The second kappa shape index (κ2) is 9.92. The molecule has 0 amide bonds. The number of anilines is 1. The Bertz CT molecular complexity index is 1390. The van der Waals surface area contributed by atoms with Crippen molar-refractivity contribution in [2.75, 3.05) is 4.72 Å². The van der Waals surface area contributed by atoms with Gasteiger partial charge in [0.1, 0.15) is 0 Å². The lowest BCUT2D eigenvalue weighted by Gasteiger charge is -2.33. The molecule has 9 nitrogen and oxygen atoms in total. The van der Waals surface area contributed by atoms with E-state index in [4.69, 9.17) is 0 Å². The predicted molar refractivity (Wildman–Crippen MR) is 129 cm³/mol. The number of hydrogen-bond acceptors (Lipinski definition) is 6. The van der Waals surface area contributed by atoms with Crippen molar-refractivity contribution in [3.8, 4) is 0 Å². The Morgan fingerprint density at radius 2 is 1.41 bits per heavy atom. The predicted octanol–water partition coefficient (Wildman–Crippen LogP) is 4.39. The summed E-state index contributed by atoms with van der Waals surface area (Å²) in [6.45, 7) is 3.69. The zero-order valence-electron chi connectivity index (χ0n) is 18.6. The molecule has 0 atom stereocenters. The highest BCUT2D eigenvalue weighted by Gasteiger charge is 2.34. The maximum absolute atomic E-state index is 13.0. The van der Waals surface area contributed by atoms with Crippen LogP contribution < -0.4 is 9.44 Å². The van der Waals surface area contributed by atoms with E-state index in [1.54, 1.807) is 36.4 Å². The van der Waals surface area contributed by atoms with Crippen LogP contribution in [-0.4, -0.2) is 21.8 Å². The summed E-state index contributed by atoms with van der Waals surface area (Å²) in [7, 11) is -7.96. The van der Waals surface area contributed by atoms with Crippen molar-refractivity contribution in [2.45, 2.75) is 42.0 Å². The SMILES string of the molecule is CCC(CC)(NS(=O)(=O)c1ccccc1)c1cccc(NS(=O)(=O)c2cccc([N+](=O)[O-])c2)c1. The van der Waals surface area contributed by atoms with E-state index in [9.17, 15) is 26.9 Å². The monoisotopic (exact) mass is 503 g/mol. The van der Waals surface area contributed by atoms with Crippen molar-refractivity contribution >= 4 is 31.4 Å². The highest BCUT2D eigenvalue weighted by atomic mass is 32.2. The second-order valence-electron chi connectivity index (χ2n) is 7.65. The van der Waals surface area contributed by atoms with Crippen molar-refractivity contribution < 1.29 is 21.8 Å². The molecule has 0 radical (unpaired) electrons. The Morgan fingerprint density at radius 3 is 2.03 bits per heavy atom. The van der Waals surface area contributed by atoms with Crippen LogP contribution in [0.2, 0.25) is 0 Å².